The normalized spacial score (nSPS) is 13.9. The first kappa shape index (κ1) is 23.8. The number of carbonyl (C=O) groups is 3. The fourth-order valence-corrected chi connectivity index (χ4v) is 3.63. The third-order valence-corrected chi connectivity index (χ3v) is 5.35. The van der Waals surface area contributed by atoms with Crippen LogP contribution in [0.4, 0.5) is 5.69 Å². The maximum atomic E-state index is 12.7. The summed E-state index contributed by atoms with van der Waals surface area (Å²) >= 11 is 0. The molecule has 0 heterocycles. The standard InChI is InChI=1S/C24H28N4O5/c1-32-20-13-12-16(14-21(20)33-2)15-25-28-24(31)23(30)27-19-11-7-6-10-18(19)22(29)26-17-8-4-3-5-9-17/h6-7,10-15,17H,3-5,8-9H2,1-2H3,(H,26,29)(H,27,30)(H,28,31)/b25-15-. The van der Waals surface area contributed by atoms with Crippen LogP contribution in [0.5, 0.6) is 11.5 Å². The molecule has 1 saturated carbocycles. The number of ether oxygens (including phenoxy) is 2. The zero-order chi connectivity index (χ0) is 23.6. The Bertz CT molecular complexity index is 1030. The molecule has 9 heteroatoms. The number of carbonyl (C=O) groups excluding carboxylic acids is 3. The van der Waals surface area contributed by atoms with Crippen LogP contribution in [0.2, 0.25) is 0 Å². The van der Waals surface area contributed by atoms with Gasteiger partial charge in [-0.3, -0.25) is 14.4 Å². The summed E-state index contributed by atoms with van der Waals surface area (Å²) in [7, 11) is 3.04. The van der Waals surface area contributed by atoms with Crippen LogP contribution in [-0.2, 0) is 9.59 Å². The minimum Gasteiger partial charge on any atom is -0.493 e. The van der Waals surface area contributed by atoms with Gasteiger partial charge in [-0.25, -0.2) is 5.43 Å². The number of nitrogens with zero attached hydrogens (tertiary/aromatic N) is 1. The summed E-state index contributed by atoms with van der Waals surface area (Å²) in [6.45, 7) is 0. The number of hydrogen-bond acceptors (Lipinski definition) is 6. The van der Waals surface area contributed by atoms with Crippen LogP contribution in [-0.4, -0.2) is 44.2 Å². The Morgan fingerprint density at radius 3 is 2.39 bits per heavy atom. The maximum absolute atomic E-state index is 12.7. The van der Waals surface area contributed by atoms with Gasteiger partial charge in [0.2, 0.25) is 0 Å². The van der Waals surface area contributed by atoms with Crippen LogP contribution in [0.1, 0.15) is 48.0 Å². The van der Waals surface area contributed by atoms with Gasteiger partial charge in [-0.15, -0.1) is 0 Å². The molecule has 3 rings (SSSR count). The molecule has 0 spiro atoms. The van der Waals surface area contributed by atoms with Gasteiger partial charge in [0.1, 0.15) is 0 Å². The highest BCUT2D eigenvalue weighted by Gasteiger charge is 2.20. The van der Waals surface area contributed by atoms with Gasteiger partial charge in [0.05, 0.1) is 31.7 Å². The van der Waals surface area contributed by atoms with Gasteiger partial charge < -0.3 is 20.1 Å². The van der Waals surface area contributed by atoms with Crippen molar-refractivity contribution < 1.29 is 23.9 Å². The summed E-state index contributed by atoms with van der Waals surface area (Å²) < 4.78 is 10.4. The molecule has 0 aromatic heterocycles. The molecule has 0 unspecified atom stereocenters. The monoisotopic (exact) mass is 452 g/mol. The Kier molecular flexibility index (Phi) is 8.40. The molecule has 2 aromatic carbocycles. The molecular formula is C24H28N4O5. The van der Waals surface area contributed by atoms with E-state index in [0.29, 0.717) is 22.6 Å². The highest BCUT2D eigenvalue weighted by Crippen LogP contribution is 2.26. The lowest BCUT2D eigenvalue weighted by molar-refractivity contribution is -0.136. The Labute approximate surface area is 192 Å². The van der Waals surface area contributed by atoms with Crippen molar-refractivity contribution in [3.8, 4) is 11.5 Å². The second-order valence-corrected chi connectivity index (χ2v) is 7.62. The molecule has 0 aliphatic heterocycles. The van der Waals surface area contributed by atoms with Crippen LogP contribution in [0, 0.1) is 0 Å². The first-order chi connectivity index (χ1) is 16.0. The van der Waals surface area contributed by atoms with Crippen molar-refractivity contribution in [2.45, 2.75) is 38.1 Å². The molecule has 1 fully saturated rings. The molecule has 0 bridgehead atoms. The van der Waals surface area contributed by atoms with E-state index in [2.05, 4.69) is 21.2 Å². The Morgan fingerprint density at radius 1 is 0.939 bits per heavy atom. The summed E-state index contributed by atoms with van der Waals surface area (Å²) in [4.78, 5) is 37.2. The van der Waals surface area contributed by atoms with Gasteiger partial charge in [0, 0.05) is 6.04 Å². The minimum atomic E-state index is -0.964. The van der Waals surface area contributed by atoms with E-state index >= 15 is 0 Å². The molecular weight excluding hydrogens is 424 g/mol. The topological polar surface area (TPSA) is 118 Å². The highest BCUT2D eigenvalue weighted by molar-refractivity contribution is 6.40. The lowest BCUT2D eigenvalue weighted by Crippen LogP contribution is -2.37. The van der Waals surface area contributed by atoms with E-state index in [9.17, 15) is 14.4 Å². The first-order valence-corrected chi connectivity index (χ1v) is 10.8. The van der Waals surface area contributed by atoms with Crippen molar-refractivity contribution in [2.24, 2.45) is 5.10 Å². The Balaban J connectivity index is 1.59. The van der Waals surface area contributed by atoms with Crippen LogP contribution in [0.15, 0.2) is 47.6 Å². The van der Waals surface area contributed by atoms with Gasteiger partial charge in [-0.05, 0) is 48.7 Å². The summed E-state index contributed by atoms with van der Waals surface area (Å²) in [6.07, 6.45) is 6.63. The number of hydrazone groups is 1. The van der Waals surface area contributed by atoms with E-state index in [1.54, 1.807) is 42.5 Å². The predicted octanol–water partition coefficient (Wildman–Crippen LogP) is 2.86. The van der Waals surface area contributed by atoms with Gasteiger partial charge in [0.15, 0.2) is 11.5 Å². The lowest BCUT2D eigenvalue weighted by Gasteiger charge is -2.23. The Hall–Kier alpha value is -3.88. The van der Waals surface area contributed by atoms with Gasteiger partial charge in [0.25, 0.3) is 5.91 Å². The van der Waals surface area contributed by atoms with Gasteiger partial charge in [-0.2, -0.15) is 5.10 Å². The third-order valence-electron chi connectivity index (χ3n) is 5.35. The fourth-order valence-electron chi connectivity index (χ4n) is 3.63. The molecule has 33 heavy (non-hydrogen) atoms. The quantitative estimate of drug-likeness (QED) is 0.339. The van der Waals surface area contributed by atoms with Crippen molar-refractivity contribution in [1.82, 2.24) is 10.7 Å². The van der Waals surface area contributed by atoms with Crippen molar-refractivity contribution >= 4 is 29.6 Å². The van der Waals surface area contributed by atoms with E-state index in [1.165, 1.54) is 26.9 Å². The van der Waals surface area contributed by atoms with Crippen LogP contribution >= 0.6 is 0 Å². The third kappa shape index (κ3) is 6.55. The predicted molar refractivity (Wildman–Crippen MR) is 125 cm³/mol. The summed E-state index contributed by atoms with van der Waals surface area (Å²) in [5.74, 6) is -1.10. The summed E-state index contributed by atoms with van der Waals surface area (Å²) in [6, 6.07) is 11.8. The highest BCUT2D eigenvalue weighted by atomic mass is 16.5. The number of hydrogen-bond donors (Lipinski definition) is 3. The van der Waals surface area contributed by atoms with Crippen molar-refractivity contribution in [2.75, 3.05) is 19.5 Å². The molecule has 0 saturated heterocycles. The summed E-state index contributed by atoms with van der Waals surface area (Å²) in [5, 5.41) is 9.31. The number of methoxy groups -OCH3 is 2. The van der Waals surface area contributed by atoms with Crippen molar-refractivity contribution in [3.05, 3.63) is 53.6 Å². The Morgan fingerprint density at radius 2 is 1.67 bits per heavy atom. The molecule has 0 atom stereocenters. The molecule has 2 aromatic rings. The van der Waals surface area contributed by atoms with E-state index < -0.39 is 11.8 Å². The molecule has 174 valence electrons. The zero-order valence-electron chi connectivity index (χ0n) is 18.7. The van der Waals surface area contributed by atoms with Crippen molar-refractivity contribution in [1.29, 1.82) is 0 Å². The molecule has 3 amide bonds. The number of amides is 3. The SMILES string of the molecule is COc1ccc(/C=N\NC(=O)C(=O)Nc2ccccc2C(=O)NC2CCCCC2)cc1OC. The number of benzene rings is 2. The molecule has 9 nitrogen and oxygen atoms in total. The molecule has 3 N–H and O–H groups in total. The smallest absolute Gasteiger partial charge is 0.329 e. The number of anilines is 1. The van der Waals surface area contributed by atoms with Crippen LogP contribution in [0.25, 0.3) is 0 Å². The second kappa shape index (κ2) is 11.7. The largest absolute Gasteiger partial charge is 0.493 e. The molecule has 1 aliphatic carbocycles. The van der Waals surface area contributed by atoms with Crippen LogP contribution < -0.4 is 25.5 Å². The summed E-state index contributed by atoms with van der Waals surface area (Å²) in [5.41, 5.74) is 3.38. The second-order valence-electron chi connectivity index (χ2n) is 7.62. The van der Waals surface area contributed by atoms with Crippen LogP contribution in [0.3, 0.4) is 0 Å². The fraction of sp³-hybridized carbons (Fsp3) is 0.333. The molecule has 1 aliphatic rings. The average molecular weight is 453 g/mol. The maximum Gasteiger partial charge on any atom is 0.329 e. The van der Waals surface area contributed by atoms with Gasteiger partial charge in [-0.1, -0.05) is 31.4 Å². The van der Waals surface area contributed by atoms with E-state index in [4.69, 9.17) is 9.47 Å². The molecule has 0 radical (unpaired) electrons. The number of para-hydroxylation sites is 1. The number of nitrogens with one attached hydrogen (secondary N) is 3. The van der Waals surface area contributed by atoms with E-state index in [0.717, 1.165) is 25.7 Å². The zero-order valence-corrected chi connectivity index (χ0v) is 18.7. The first-order valence-electron chi connectivity index (χ1n) is 10.8. The minimum absolute atomic E-state index is 0.129. The van der Waals surface area contributed by atoms with E-state index in [1.807, 2.05) is 0 Å². The lowest BCUT2D eigenvalue weighted by atomic mass is 9.95. The van der Waals surface area contributed by atoms with E-state index in [-0.39, 0.29) is 17.6 Å². The van der Waals surface area contributed by atoms with Crippen molar-refractivity contribution in [3.63, 3.8) is 0 Å². The van der Waals surface area contributed by atoms with Gasteiger partial charge >= 0.3 is 11.8 Å². The number of rotatable bonds is 7. The average Bonchev–Trinajstić information content (AvgIpc) is 2.84.